The van der Waals surface area contributed by atoms with Gasteiger partial charge < -0.3 is 15.4 Å². The maximum atomic E-state index is 12.4. The van der Waals surface area contributed by atoms with E-state index in [0.717, 1.165) is 15.8 Å². The van der Waals surface area contributed by atoms with Crippen LogP contribution in [0.25, 0.3) is 0 Å². The molecule has 9 heteroatoms. The SMILES string of the molecule is COCCN(c1snc(N)c1S(=O)(=O)N(C)C)C(C)C. The number of methoxy groups -OCH3 is 1. The third-order valence-electron chi connectivity index (χ3n) is 2.82. The molecule has 0 aliphatic carbocycles. The molecule has 0 radical (unpaired) electrons. The number of hydrogen-bond donors (Lipinski definition) is 1. The number of sulfonamides is 1. The normalized spacial score (nSPS) is 12.3. The van der Waals surface area contributed by atoms with Crippen molar-refractivity contribution >= 4 is 32.4 Å². The van der Waals surface area contributed by atoms with Gasteiger partial charge in [0.05, 0.1) is 6.61 Å². The van der Waals surface area contributed by atoms with Gasteiger partial charge in [0.25, 0.3) is 0 Å². The first-order chi connectivity index (χ1) is 9.23. The molecule has 0 amide bonds. The maximum absolute atomic E-state index is 12.4. The number of anilines is 2. The Morgan fingerprint density at radius 2 is 2.00 bits per heavy atom. The molecular formula is C11H22N4O3S2. The summed E-state index contributed by atoms with van der Waals surface area (Å²) in [5.41, 5.74) is 5.77. The second kappa shape index (κ2) is 6.70. The Bertz CT molecular complexity index is 540. The summed E-state index contributed by atoms with van der Waals surface area (Å²) < 4.78 is 35.0. The molecule has 0 bridgehead atoms. The van der Waals surface area contributed by atoms with Gasteiger partial charge in [-0.1, -0.05) is 0 Å². The Morgan fingerprint density at radius 3 is 2.45 bits per heavy atom. The second-order valence-corrected chi connectivity index (χ2v) is 7.61. The molecule has 116 valence electrons. The van der Waals surface area contributed by atoms with Gasteiger partial charge in [-0.05, 0) is 25.4 Å². The van der Waals surface area contributed by atoms with E-state index in [2.05, 4.69) is 4.37 Å². The molecule has 1 aromatic heterocycles. The Kier molecular flexibility index (Phi) is 5.75. The summed E-state index contributed by atoms with van der Waals surface area (Å²) in [7, 11) is 0.938. The molecule has 0 fully saturated rings. The summed E-state index contributed by atoms with van der Waals surface area (Å²) in [4.78, 5) is 2.02. The van der Waals surface area contributed by atoms with E-state index in [9.17, 15) is 8.42 Å². The van der Waals surface area contributed by atoms with Crippen LogP contribution in [-0.4, -0.2) is 57.5 Å². The van der Waals surface area contributed by atoms with E-state index < -0.39 is 10.0 Å². The van der Waals surface area contributed by atoms with Gasteiger partial charge in [-0.2, -0.15) is 4.37 Å². The van der Waals surface area contributed by atoms with Crippen molar-refractivity contribution < 1.29 is 13.2 Å². The van der Waals surface area contributed by atoms with E-state index in [4.69, 9.17) is 10.5 Å². The van der Waals surface area contributed by atoms with Crippen LogP contribution < -0.4 is 10.6 Å². The zero-order valence-electron chi connectivity index (χ0n) is 12.5. The lowest BCUT2D eigenvalue weighted by molar-refractivity contribution is 0.204. The van der Waals surface area contributed by atoms with Crippen LogP contribution in [0.2, 0.25) is 0 Å². The quantitative estimate of drug-likeness (QED) is 0.800. The third kappa shape index (κ3) is 3.40. The number of nitrogen functional groups attached to an aromatic ring is 1. The molecule has 0 saturated heterocycles. The fourth-order valence-electron chi connectivity index (χ4n) is 1.68. The van der Waals surface area contributed by atoms with E-state index >= 15 is 0 Å². The standard InChI is InChI=1S/C11H22N4O3S2/c1-8(2)15(6-7-18-5)11-9(10(12)13-19-11)20(16,17)14(3)4/h8H,6-7H2,1-5H3,(H2,12,13). The highest BCUT2D eigenvalue weighted by Gasteiger charge is 2.31. The number of nitrogens with two attached hydrogens (primary N) is 1. The summed E-state index contributed by atoms with van der Waals surface area (Å²) in [6, 6.07) is 0.112. The van der Waals surface area contributed by atoms with Crippen LogP contribution in [0.5, 0.6) is 0 Å². The van der Waals surface area contributed by atoms with Crippen LogP contribution in [0.4, 0.5) is 10.8 Å². The van der Waals surface area contributed by atoms with Gasteiger partial charge in [-0.3, -0.25) is 0 Å². The Balaban J connectivity index is 3.32. The fourth-order valence-corrected chi connectivity index (χ4v) is 4.05. The predicted octanol–water partition coefficient (Wildman–Crippen LogP) is 0.837. The topological polar surface area (TPSA) is 88.8 Å². The zero-order chi connectivity index (χ0) is 15.5. The average molecular weight is 322 g/mol. The Labute approximate surface area is 124 Å². The minimum Gasteiger partial charge on any atom is -0.383 e. The minimum atomic E-state index is -3.62. The van der Waals surface area contributed by atoms with Crippen molar-refractivity contribution in [3.63, 3.8) is 0 Å². The highest BCUT2D eigenvalue weighted by Crippen LogP contribution is 2.36. The van der Waals surface area contributed by atoms with Crippen LogP contribution in [0.15, 0.2) is 4.90 Å². The molecule has 1 rings (SSSR count). The van der Waals surface area contributed by atoms with Crippen molar-refractivity contribution in [3.05, 3.63) is 0 Å². The highest BCUT2D eigenvalue weighted by molar-refractivity contribution is 7.89. The fraction of sp³-hybridized carbons (Fsp3) is 0.727. The summed E-state index contributed by atoms with van der Waals surface area (Å²) in [6.45, 7) is 5.04. The van der Waals surface area contributed by atoms with Crippen LogP contribution in [0, 0.1) is 0 Å². The number of ether oxygens (including phenoxy) is 1. The Morgan fingerprint density at radius 1 is 1.40 bits per heavy atom. The molecule has 0 aliphatic rings. The lowest BCUT2D eigenvalue weighted by atomic mass is 10.3. The molecule has 0 aliphatic heterocycles. The first-order valence-corrected chi connectivity index (χ1v) is 8.38. The molecule has 1 heterocycles. The van der Waals surface area contributed by atoms with Gasteiger partial charge >= 0.3 is 0 Å². The highest BCUT2D eigenvalue weighted by atomic mass is 32.2. The van der Waals surface area contributed by atoms with E-state index in [1.807, 2.05) is 18.7 Å². The van der Waals surface area contributed by atoms with Crippen LogP contribution in [-0.2, 0) is 14.8 Å². The van der Waals surface area contributed by atoms with Gasteiger partial charge in [0, 0.05) is 33.8 Å². The Hall–Kier alpha value is -0.900. The minimum absolute atomic E-state index is 0.0433. The summed E-state index contributed by atoms with van der Waals surface area (Å²) in [5, 5.41) is 0.559. The molecule has 20 heavy (non-hydrogen) atoms. The van der Waals surface area contributed by atoms with Crippen molar-refractivity contribution in [1.82, 2.24) is 8.68 Å². The molecule has 0 unspecified atom stereocenters. The molecule has 0 atom stereocenters. The van der Waals surface area contributed by atoms with Crippen molar-refractivity contribution in [1.29, 1.82) is 0 Å². The summed E-state index contributed by atoms with van der Waals surface area (Å²) >= 11 is 1.10. The number of rotatable bonds is 7. The second-order valence-electron chi connectivity index (χ2n) is 4.77. The van der Waals surface area contributed by atoms with Crippen molar-refractivity contribution in [3.8, 4) is 0 Å². The van der Waals surface area contributed by atoms with Crippen LogP contribution >= 0.6 is 11.5 Å². The smallest absolute Gasteiger partial charge is 0.249 e. The molecule has 0 saturated carbocycles. The first-order valence-electron chi connectivity index (χ1n) is 6.16. The van der Waals surface area contributed by atoms with Crippen molar-refractivity contribution in [2.24, 2.45) is 0 Å². The number of hydrogen-bond acceptors (Lipinski definition) is 7. The molecule has 2 N–H and O–H groups in total. The first kappa shape index (κ1) is 17.2. The van der Waals surface area contributed by atoms with Gasteiger partial charge in [-0.25, -0.2) is 12.7 Å². The number of nitrogens with zero attached hydrogens (tertiary/aromatic N) is 3. The molecular weight excluding hydrogens is 300 g/mol. The lowest BCUT2D eigenvalue weighted by Crippen LogP contribution is -2.35. The zero-order valence-corrected chi connectivity index (χ0v) is 14.1. The predicted molar refractivity (Wildman–Crippen MR) is 81.8 cm³/mol. The van der Waals surface area contributed by atoms with Gasteiger partial charge in [0.15, 0.2) is 10.7 Å². The molecule has 0 aromatic carbocycles. The van der Waals surface area contributed by atoms with Gasteiger partial charge in [0.1, 0.15) is 5.00 Å². The lowest BCUT2D eigenvalue weighted by Gasteiger charge is -2.28. The van der Waals surface area contributed by atoms with Gasteiger partial charge in [0.2, 0.25) is 10.0 Å². The molecule has 0 spiro atoms. The van der Waals surface area contributed by atoms with Crippen LogP contribution in [0.1, 0.15) is 13.8 Å². The average Bonchev–Trinajstić information content (AvgIpc) is 2.71. The van der Waals surface area contributed by atoms with Crippen LogP contribution in [0.3, 0.4) is 0 Å². The largest absolute Gasteiger partial charge is 0.383 e. The molecule has 1 aromatic rings. The maximum Gasteiger partial charge on any atom is 0.249 e. The summed E-state index contributed by atoms with van der Waals surface area (Å²) in [5.74, 6) is 0.0433. The van der Waals surface area contributed by atoms with E-state index in [-0.39, 0.29) is 16.8 Å². The van der Waals surface area contributed by atoms with E-state index in [1.165, 1.54) is 14.1 Å². The van der Waals surface area contributed by atoms with E-state index in [0.29, 0.717) is 18.2 Å². The summed E-state index contributed by atoms with van der Waals surface area (Å²) in [6.07, 6.45) is 0. The number of aromatic nitrogens is 1. The monoisotopic (exact) mass is 322 g/mol. The van der Waals surface area contributed by atoms with Gasteiger partial charge in [-0.15, -0.1) is 0 Å². The van der Waals surface area contributed by atoms with E-state index in [1.54, 1.807) is 7.11 Å². The molecule has 7 nitrogen and oxygen atoms in total. The van der Waals surface area contributed by atoms with Crippen molar-refractivity contribution in [2.75, 3.05) is 45.0 Å². The third-order valence-corrected chi connectivity index (χ3v) is 5.73. The van der Waals surface area contributed by atoms with Crippen molar-refractivity contribution in [2.45, 2.75) is 24.8 Å².